The van der Waals surface area contributed by atoms with Crippen LogP contribution in [0.4, 0.5) is 14.9 Å². The normalized spacial score (nSPS) is 11.4. The number of aliphatic imine (C=N–C) groups is 1. The van der Waals surface area contributed by atoms with Crippen LogP contribution in [0.2, 0.25) is 0 Å². The maximum Gasteiger partial charge on any atom is 0.412 e. The number of guanidine groups is 1. The molecule has 1 rings (SSSR count). The van der Waals surface area contributed by atoms with Gasteiger partial charge in [0.05, 0.1) is 6.67 Å². The molecule has 0 spiro atoms. The first-order chi connectivity index (χ1) is 12.3. The molecule has 1 aromatic carbocycles. The highest BCUT2D eigenvalue weighted by atomic mass is 127. The number of carbonyl (C=O) groups is 1. The molecule has 0 aliphatic heterocycles. The van der Waals surface area contributed by atoms with Gasteiger partial charge in [-0.25, -0.2) is 4.79 Å². The maximum absolute atomic E-state index is 12.2. The molecule has 0 heterocycles. The standard InChI is InChI=1S/C19H31FN4O2.HI/c1-5-21-17(22-13-6-12-20)23-14-11-15-7-9-16(10-8-15)24-18(25)26-19(2,3)4;/h7-10H,5-6,11-14H2,1-4H3,(H,24,25)(H2,21,22,23);1H. The van der Waals surface area contributed by atoms with Crippen molar-refractivity contribution in [3.63, 3.8) is 0 Å². The molecule has 0 aliphatic rings. The Hall–Kier alpha value is -1.58. The van der Waals surface area contributed by atoms with Crippen LogP contribution in [0.1, 0.15) is 39.7 Å². The van der Waals surface area contributed by atoms with Gasteiger partial charge < -0.3 is 15.4 Å². The summed E-state index contributed by atoms with van der Waals surface area (Å²) >= 11 is 0. The van der Waals surface area contributed by atoms with Gasteiger partial charge in [0.2, 0.25) is 0 Å². The van der Waals surface area contributed by atoms with Crippen LogP contribution in [0, 0.1) is 0 Å². The van der Waals surface area contributed by atoms with E-state index >= 15 is 0 Å². The molecule has 154 valence electrons. The van der Waals surface area contributed by atoms with Crippen LogP contribution < -0.4 is 16.0 Å². The van der Waals surface area contributed by atoms with Crippen molar-refractivity contribution in [2.75, 3.05) is 31.6 Å². The van der Waals surface area contributed by atoms with Gasteiger partial charge in [-0.15, -0.1) is 24.0 Å². The number of amides is 1. The predicted octanol–water partition coefficient (Wildman–Crippen LogP) is 4.11. The van der Waals surface area contributed by atoms with Gasteiger partial charge >= 0.3 is 6.09 Å². The highest BCUT2D eigenvalue weighted by molar-refractivity contribution is 14.0. The van der Waals surface area contributed by atoms with E-state index in [1.165, 1.54) is 0 Å². The molecular weight excluding hydrogens is 462 g/mol. The van der Waals surface area contributed by atoms with Crippen molar-refractivity contribution in [2.24, 2.45) is 4.99 Å². The smallest absolute Gasteiger partial charge is 0.412 e. The van der Waals surface area contributed by atoms with Crippen LogP contribution in [-0.2, 0) is 11.2 Å². The van der Waals surface area contributed by atoms with Crippen LogP contribution in [0.15, 0.2) is 29.3 Å². The molecule has 6 nitrogen and oxygen atoms in total. The summed E-state index contributed by atoms with van der Waals surface area (Å²) in [5, 5.41) is 9.07. The first kappa shape index (κ1) is 25.4. The third kappa shape index (κ3) is 12.4. The lowest BCUT2D eigenvalue weighted by atomic mass is 10.1. The van der Waals surface area contributed by atoms with E-state index < -0.39 is 11.7 Å². The number of alkyl halides is 1. The molecule has 0 saturated heterocycles. The zero-order valence-corrected chi connectivity index (χ0v) is 18.9. The number of halogens is 2. The molecule has 1 aromatic rings. The number of carbonyl (C=O) groups excluding carboxylic acids is 1. The zero-order chi connectivity index (χ0) is 19.4. The van der Waals surface area contributed by atoms with Crippen LogP contribution in [0.3, 0.4) is 0 Å². The minimum absolute atomic E-state index is 0. The van der Waals surface area contributed by atoms with E-state index in [4.69, 9.17) is 4.74 Å². The molecule has 27 heavy (non-hydrogen) atoms. The quantitative estimate of drug-likeness (QED) is 0.220. The van der Waals surface area contributed by atoms with E-state index in [1.807, 2.05) is 52.0 Å². The Bertz CT molecular complexity index is 574. The number of benzene rings is 1. The maximum atomic E-state index is 12.2. The van der Waals surface area contributed by atoms with Crippen molar-refractivity contribution in [1.82, 2.24) is 10.6 Å². The minimum atomic E-state index is -0.522. The van der Waals surface area contributed by atoms with Crippen molar-refractivity contribution in [3.8, 4) is 0 Å². The number of anilines is 1. The van der Waals surface area contributed by atoms with Gasteiger partial charge in [0.25, 0.3) is 0 Å². The summed E-state index contributed by atoms with van der Waals surface area (Å²) in [6.45, 7) is 9.04. The average Bonchev–Trinajstić information content (AvgIpc) is 2.55. The molecule has 3 N–H and O–H groups in total. The lowest BCUT2D eigenvalue weighted by Crippen LogP contribution is -2.38. The number of ether oxygens (including phenoxy) is 1. The summed E-state index contributed by atoms with van der Waals surface area (Å²) in [4.78, 5) is 16.0. The van der Waals surface area contributed by atoms with E-state index in [1.54, 1.807) is 0 Å². The molecule has 0 fully saturated rings. The Morgan fingerprint density at radius 3 is 2.41 bits per heavy atom. The summed E-state index contributed by atoms with van der Waals surface area (Å²) in [6.07, 6.45) is 0.773. The van der Waals surface area contributed by atoms with Crippen molar-refractivity contribution in [1.29, 1.82) is 0 Å². The lowest BCUT2D eigenvalue weighted by molar-refractivity contribution is 0.0636. The number of hydrogen-bond acceptors (Lipinski definition) is 3. The van der Waals surface area contributed by atoms with Gasteiger partial charge in [-0.3, -0.25) is 14.7 Å². The number of nitrogens with one attached hydrogen (secondary N) is 3. The van der Waals surface area contributed by atoms with Gasteiger partial charge in [-0.05, 0) is 58.2 Å². The zero-order valence-electron chi connectivity index (χ0n) is 16.6. The van der Waals surface area contributed by atoms with E-state index in [0.29, 0.717) is 31.2 Å². The second-order valence-corrected chi connectivity index (χ2v) is 6.80. The molecule has 0 saturated carbocycles. The topological polar surface area (TPSA) is 74.8 Å². The Morgan fingerprint density at radius 1 is 1.19 bits per heavy atom. The second-order valence-electron chi connectivity index (χ2n) is 6.80. The van der Waals surface area contributed by atoms with Gasteiger partial charge in [-0.1, -0.05) is 12.1 Å². The number of nitrogens with zero attached hydrogens (tertiary/aromatic N) is 1. The summed E-state index contributed by atoms with van der Waals surface area (Å²) < 4.78 is 17.4. The molecule has 0 aliphatic carbocycles. The molecule has 0 atom stereocenters. The summed E-state index contributed by atoms with van der Waals surface area (Å²) in [6, 6.07) is 7.61. The second kappa shape index (κ2) is 13.6. The van der Waals surface area contributed by atoms with Crippen LogP contribution in [-0.4, -0.2) is 44.0 Å². The average molecular weight is 494 g/mol. The first-order valence-electron chi connectivity index (χ1n) is 9.01. The Kier molecular flexibility index (Phi) is 12.8. The Labute approximate surface area is 178 Å². The van der Waals surface area contributed by atoms with E-state index in [2.05, 4.69) is 20.9 Å². The van der Waals surface area contributed by atoms with Gasteiger partial charge in [0.15, 0.2) is 5.96 Å². The van der Waals surface area contributed by atoms with Crippen molar-refractivity contribution in [2.45, 2.75) is 46.1 Å². The summed E-state index contributed by atoms with van der Waals surface area (Å²) in [5.41, 5.74) is 1.30. The van der Waals surface area contributed by atoms with Gasteiger partial charge in [0.1, 0.15) is 5.60 Å². The predicted molar refractivity (Wildman–Crippen MR) is 120 cm³/mol. The fraction of sp³-hybridized carbons (Fsp3) is 0.579. The van der Waals surface area contributed by atoms with Crippen molar-refractivity contribution < 1.29 is 13.9 Å². The summed E-state index contributed by atoms with van der Waals surface area (Å²) in [5.74, 6) is 0.698. The fourth-order valence-electron chi connectivity index (χ4n) is 2.09. The van der Waals surface area contributed by atoms with E-state index in [-0.39, 0.29) is 30.7 Å². The van der Waals surface area contributed by atoms with Gasteiger partial charge in [-0.2, -0.15) is 0 Å². The third-order valence-corrected chi connectivity index (χ3v) is 3.21. The van der Waals surface area contributed by atoms with Crippen LogP contribution in [0.5, 0.6) is 0 Å². The van der Waals surface area contributed by atoms with Crippen molar-refractivity contribution >= 4 is 41.7 Å². The number of hydrogen-bond donors (Lipinski definition) is 3. The monoisotopic (exact) mass is 494 g/mol. The Balaban J connectivity index is 0.00000676. The van der Waals surface area contributed by atoms with Crippen LogP contribution >= 0.6 is 24.0 Å². The molecule has 0 unspecified atom stereocenters. The highest BCUT2D eigenvalue weighted by Crippen LogP contribution is 2.13. The lowest BCUT2D eigenvalue weighted by Gasteiger charge is -2.19. The molecule has 1 amide bonds. The molecule has 0 bridgehead atoms. The minimum Gasteiger partial charge on any atom is -0.444 e. The Morgan fingerprint density at radius 2 is 1.85 bits per heavy atom. The van der Waals surface area contributed by atoms with E-state index in [9.17, 15) is 9.18 Å². The fourth-order valence-corrected chi connectivity index (χ4v) is 2.09. The first-order valence-corrected chi connectivity index (χ1v) is 9.01. The molecular formula is C19H32FIN4O2. The number of rotatable bonds is 8. The third-order valence-electron chi connectivity index (χ3n) is 3.21. The molecule has 0 radical (unpaired) electrons. The SMILES string of the molecule is CCNC(=NCCCF)NCCc1ccc(NC(=O)OC(C)(C)C)cc1.I. The van der Waals surface area contributed by atoms with Crippen LogP contribution in [0.25, 0.3) is 0 Å². The van der Waals surface area contributed by atoms with Gasteiger partial charge in [0, 0.05) is 25.3 Å². The largest absolute Gasteiger partial charge is 0.444 e. The molecule has 0 aromatic heterocycles. The molecule has 8 heteroatoms. The van der Waals surface area contributed by atoms with E-state index in [0.717, 1.165) is 18.5 Å². The summed E-state index contributed by atoms with van der Waals surface area (Å²) in [7, 11) is 0. The highest BCUT2D eigenvalue weighted by Gasteiger charge is 2.16. The van der Waals surface area contributed by atoms with Crippen molar-refractivity contribution in [3.05, 3.63) is 29.8 Å².